The van der Waals surface area contributed by atoms with Crippen LogP contribution in [-0.2, 0) is 20.4 Å². The van der Waals surface area contributed by atoms with Crippen LogP contribution in [-0.4, -0.2) is 80.1 Å². The van der Waals surface area contributed by atoms with Gasteiger partial charge in [-0.2, -0.15) is 9.97 Å². The van der Waals surface area contributed by atoms with Crippen LogP contribution in [0.5, 0.6) is 0 Å². The molecule has 0 bridgehead atoms. The van der Waals surface area contributed by atoms with E-state index in [4.69, 9.17) is 16.3 Å². The minimum Gasteiger partial charge on any atom is -0.388 e. The second kappa shape index (κ2) is 10.3. The molecule has 3 heterocycles. The van der Waals surface area contributed by atoms with Crippen molar-refractivity contribution in [2.24, 2.45) is 0 Å². The van der Waals surface area contributed by atoms with E-state index in [1.807, 2.05) is 30.3 Å². The molecule has 5 atom stereocenters. The van der Waals surface area contributed by atoms with Gasteiger partial charge < -0.3 is 29.4 Å². The maximum absolute atomic E-state index is 12.9. The number of benzene rings is 1. The second-order valence-electron chi connectivity index (χ2n) is 9.58. The summed E-state index contributed by atoms with van der Waals surface area (Å²) in [7, 11) is -5.13. The van der Waals surface area contributed by atoms with Crippen LogP contribution in [0, 0.1) is 0 Å². The lowest BCUT2D eigenvalue weighted by Gasteiger charge is -2.19. The lowest BCUT2D eigenvalue weighted by atomic mass is 10.1. The number of nitrogens with one attached hydrogen (secondary N) is 1. The van der Waals surface area contributed by atoms with Crippen LogP contribution >= 0.6 is 25.9 Å². The quantitative estimate of drug-likeness (QED) is 0.273. The van der Waals surface area contributed by atoms with E-state index in [1.165, 1.54) is 10.9 Å². The number of hydrogen-bond donors (Lipinski definition) is 3. The molecule has 1 aliphatic rings. The first kappa shape index (κ1) is 26.3. The van der Waals surface area contributed by atoms with Gasteiger partial charge in [0.2, 0.25) is 5.28 Å². The predicted molar refractivity (Wildman–Crippen MR) is 137 cm³/mol. The van der Waals surface area contributed by atoms with E-state index < -0.39 is 38.8 Å². The van der Waals surface area contributed by atoms with Crippen molar-refractivity contribution in [3.8, 4) is 0 Å². The lowest BCUT2D eigenvalue weighted by molar-refractivity contribution is -0.0353. The Labute approximate surface area is 208 Å². The number of hydrogen-bond acceptors (Lipinski definition) is 9. The Kier molecular flexibility index (Phi) is 7.72. The van der Waals surface area contributed by atoms with E-state index in [0.29, 0.717) is 23.5 Å². The summed E-state index contributed by atoms with van der Waals surface area (Å²) < 4.78 is 32.5. The first-order chi connectivity index (χ1) is 16.4. The van der Waals surface area contributed by atoms with Gasteiger partial charge in [-0.25, -0.2) is 4.98 Å². The first-order valence-corrected chi connectivity index (χ1v) is 16.9. The zero-order valence-electron chi connectivity index (χ0n) is 19.8. The number of halogens is 1. The van der Waals surface area contributed by atoms with Crippen LogP contribution < -0.4 is 5.32 Å². The van der Waals surface area contributed by atoms with Crippen LogP contribution in [0.1, 0.15) is 18.2 Å². The van der Waals surface area contributed by atoms with E-state index in [0.717, 1.165) is 5.56 Å². The summed E-state index contributed by atoms with van der Waals surface area (Å²) in [5.74, 6) is 0.595. The molecule has 1 fully saturated rings. The van der Waals surface area contributed by atoms with Gasteiger partial charge in [0.15, 0.2) is 23.2 Å². The van der Waals surface area contributed by atoms with Gasteiger partial charge in [0.05, 0.1) is 32.6 Å². The molecule has 13 heteroatoms. The molecular weight excluding hydrogens is 512 g/mol. The highest BCUT2D eigenvalue weighted by Gasteiger charge is 2.44. The first-order valence-electron chi connectivity index (χ1n) is 11.2. The van der Waals surface area contributed by atoms with E-state index in [1.54, 1.807) is 20.0 Å². The summed E-state index contributed by atoms with van der Waals surface area (Å²) in [6.45, 7) is 5.35. The molecule has 1 aliphatic heterocycles. The standard InChI is InChI=1S/C22H30ClN5O5P2/c1-34(2,31)13-35(3,32)10-9-15-17(29)18(30)21(33-15)28-12-25-16-19(26-22(23)27-20(16)28)24-11-14-7-5-4-6-8-14/h4-8,12,15,17-18,21,29-30H,9-11,13H2,1-3H3,(H,24,26,27)/t15-,17?,18+,21-,35?/m1/s1. The van der Waals surface area contributed by atoms with Crippen LogP contribution in [0.3, 0.4) is 0 Å². The molecule has 0 aliphatic carbocycles. The largest absolute Gasteiger partial charge is 0.388 e. The lowest BCUT2D eigenvalue weighted by Crippen LogP contribution is -2.32. The zero-order valence-corrected chi connectivity index (χ0v) is 22.3. The molecule has 35 heavy (non-hydrogen) atoms. The average molecular weight is 542 g/mol. The summed E-state index contributed by atoms with van der Waals surface area (Å²) in [5, 5.41) is 24.6. The summed E-state index contributed by atoms with van der Waals surface area (Å²) in [6.07, 6.45) is -2.19. The molecule has 2 aromatic heterocycles. The molecule has 3 aromatic rings. The number of nitrogens with zero attached hydrogens (tertiary/aromatic N) is 4. The number of imidazole rings is 1. The highest BCUT2D eigenvalue weighted by molar-refractivity contribution is 7.79. The number of anilines is 1. The molecule has 2 unspecified atom stereocenters. The van der Waals surface area contributed by atoms with Crippen molar-refractivity contribution in [2.75, 3.05) is 37.4 Å². The highest BCUT2D eigenvalue weighted by atomic mass is 35.5. The number of aromatic nitrogens is 4. The SMILES string of the molecule is CP(C)(=O)CP(C)(=O)CC[C@H]1O[C@@H](n2cnc3c(NCc4ccccc4)nc(Cl)nc32)[C@@H](O)C1O. The zero-order chi connectivity index (χ0) is 25.4. The van der Waals surface area contributed by atoms with E-state index in [2.05, 4.69) is 20.3 Å². The summed E-state index contributed by atoms with van der Waals surface area (Å²) in [5.41, 5.74) is 1.83. The Hall–Kier alpha value is -1.80. The predicted octanol–water partition coefficient (Wildman–Crippen LogP) is 3.67. The van der Waals surface area contributed by atoms with Crippen LogP contribution in [0.25, 0.3) is 11.2 Å². The Balaban J connectivity index is 1.52. The minimum absolute atomic E-state index is 0.00474. The van der Waals surface area contributed by atoms with Crippen molar-refractivity contribution in [1.29, 1.82) is 0 Å². The number of fused-ring (bicyclic) bond motifs is 1. The topological polar surface area (TPSA) is 139 Å². The van der Waals surface area contributed by atoms with E-state index in [9.17, 15) is 19.3 Å². The van der Waals surface area contributed by atoms with E-state index >= 15 is 0 Å². The van der Waals surface area contributed by atoms with Crippen molar-refractivity contribution < 1.29 is 24.1 Å². The highest BCUT2D eigenvalue weighted by Crippen LogP contribution is 2.56. The molecule has 4 rings (SSSR count). The molecule has 0 radical (unpaired) electrons. The van der Waals surface area contributed by atoms with Crippen molar-refractivity contribution in [3.05, 3.63) is 47.5 Å². The third-order valence-corrected chi connectivity index (χ3v) is 12.3. The van der Waals surface area contributed by atoms with Crippen LogP contribution in [0.2, 0.25) is 5.28 Å². The minimum atomic E-state index is -2.68. The smallest absolute Gasteiger partial charge is 0.226 e. The fraction of sp³-hybridized carbons (Fsp3) is 0.500. The molecular formula is C22H30ClN5O5P2. The van der Waals surface area contributed by atoms with Crippen LogP contribution in [0.4, 0.5) is 5.82 Å². The fourth-order valence-electron chi connectivity index (χ4n) is 4.37. The maximum Gasteiger partial charge on any atom is 0.226 e. The van der Waals surface area contributed by atoms with Gasteiger partial charge in [-0.1, -0.05) is 30.3 Å². The van der Waals surface area contributed by atoms with Gasteiger partial charge >= 0.3 is 0 Å². The number of aliphatic hydroxyl groups excluding tert-OH is 2. The molecule has 10 nitrogen and oxygen atoms in total. The molecule has 3 N–H and O–H groups in total. The third kappa shape index (κ3) is 6.31. The van der Waals surface area contributed by atoms with Gasteiger partial charge in [0.25, 0.3) is 0 Å². The second-order valence-corrected chi connectivity index (χ2v) is 17.2. The Bertz CT molecular complexity index is 1280. The van der Waals surface area contributed by atoms with Crippen molar-refractivity contribution in [2.45, 2.75) is 37.5 Å². The molecule has 0 saturated carbocycles. The number of ether oxygens (including phenoxy) is 1. The fourth-order valence-corrected chi connectivity index (χ4v) is 11.7. The van der Waals surface area contributed by atoms with E-state index in [-0.39, 0.29) is 23.8 Å². The summed E-state index contributed by atoms with van der Waals surface area (Å²) >= 11 is 6.18. The molecule has 0 spiro atoms. The number of aliphatic hydroxyl groups is 2. The van der Waals surface area contributed by atoms with Crippen molar-refractivity contribution >= 4 is 42.9 Å². The van der Waals surface area contributed by atoms with Gasteiger partial charge in [-0.3, -0.25) is 4.57 Å². The Morgan fingerprint density at radius 2 is 1.83 bits per heavy atom. The summed E-state index contributed by atoms with van der Waals surface area (Å²) in [6, 6.07) is 9.77. The van der Waals surface area contributed by atoms with Gasteiger partial charge in [0.1, 0.15) is 12.2 Å². The number of rotatable bonds is 9. The van der Waals surface area contributed by atoms with Crippen LogP contribution in [0.15, 0.2) is 36.7 Å². The Morgan fingerprint density at radius 1 is 1.11 bits per heavy atom. The molecule has 190 valence electrons. The van der Waals surface area contributed by atoms with Gasteiger partial charge in [-0.15, -0.1) is 0 Å². The monoisotopic (exact) mass is 541 g/mol. The molecule has 0 amide bonds. The maximum atomic E-state index is 12.9. The summed E-state index contributed by atoms with van der Waals surface area (Å²) in [4.78, 5) is 12.9. The van der Waals surface area contributed by atoms with Gasteiger partial charge in [0, 0.05) is 12.7 Å². The Morgan fingerprint density at radius 3 is 2.51 bits per heavy atom. The third-order valence-electron chi connectivity index (χ3n) is 5.83. The molecule has 1 aromatic carbocycles. The van der Waals surface area contributed by atoms with Crippen molar-refractivity contribution in [3.63, 3.8) is 0 Å². The average Bonchev–Trinajstić information content (AvgIpc) is 3.31. The molecule has 1 saturated heterocycles. The van der Waals surface area contributed by atoms with Gasteiger partial charge in [-0.05, 0) is 43.6 Å². The normalized spacial score (nSPS) is 24.5. The van der Waals surface area contributed by atoms with Crippen molar-refractivity contribution in [1.82, 2.24) is 19.5 Å².